The lowest BCUT2D eigenvalue weighted by Crippen LogP contribution is -2.49. The first-order valence-electron chi connectivity index (χ1n) is 14.9. The maximum absolute atomic E-state index is 14.1. The van der Waals surface area contributed by atoms with E-state index in [0.717, 1.165) is 80.6 Å². The van der Waals surface area contributed by atoms with Gasteiger partial charge in [-0.15, -0.1) is 0 Å². The zero-order valence-electron chi connectivity index (χ0n) is 24.6. The van der Waals surface area contributed by atoms with Gasteiger partial charge in [0, 0.05) is 42.7 Å². The van der Waals surface area contributed by atoms with E-state index in [-0.39, 0.29) is 23.3 Å². The number of hydrogen-bond acceptors (Lipinski definition) is 5. The minimum Gasteiger partial charge on any atom is -0.496 e. The maximum Gasteiger partial charge on any atom is 0.231 e. The van der Waals surface area contributed by atoms with Crippen LogP contribution in [-0.4, -0.2) is 36.8 Å². The van der Waals surface area contributed by atoms with Gasteiger partial charge >= 0.3 is 0 Å². The first-order chi connectivity index (χ1) is 19.3. The Labute approximate surface area is 239 Å². The summed E-state index contributed by atoms with van der Waals surface area (Å²) in [6.07, 6.45) is 14.9. The van der Waals surface area contributed by atoms with E-state index in [9.17, 15) is 4.79 Å². The summed E-state index contributed by atoms with van der Waals surface area (Å²) >= 11 is 0. The van der Waals surface area contributed by atoms with E-state index in [2.05, 4.69) is 30.1 Å². The molecule has 1 aromatic carbocycles. The van der Waals surface area contributed by atoms with E-state index >= 15 is 0 Å². The Bertz CT molecular complexity index is 1330. The van der Waals surface area contributed by atoms with Crippen molar-refractivity contribution in [3.8, 4) is 5.75 Å². The fraction of sp³-hybridized carbons (Fsp3) is 0.500. The number of aromatic nitrogens is 1. The first kappa shape index (κ1) is 28.1. The second-order valence-electron chi connectivity index (χ2n) is 12.3. The quantitative estimate of drug-likeness (QED) is 0.343. The maximum atomic E-state index is 14.1. The lowest BCUT2D eigenvalue weighted by molar-refractivity contribution is -0.123. The number of pyridine rings is 1. The highest BCUT2D eigenvalue weighted by atomic mass is 16.5. The van der Waals surface area contributed by atoms with Gasteiger partial charge in [-0.1, -0.05) is 30.9 Å². The Morgan fingerprint density at radius 2 is 1.98 bits per heavy atom. The highest BCUT2D eigenvalue weighted by Crippen LogP contribution is 2.58. The smallest absolute Gasteiger partial charge is 0.231 e. The minimum absolute atomic E-state index is 0.0825. The number of carbonyl (C=O) groups excluding carboxylic acids is 1. The number of hydrogen-bond donors (Lipinski definition) is 1. The molecule has 0 saturated heterocycles. The number of rotatable bonds is 9. The van der Waals surface area contributed by atoms with Crippen molar-refractivity contribution in [2.45, 2.75) is 84.6 Å². The van der Waals surface area contributed by atoms with E-state index in [1.54, 1.807) is 25.1 Å². The molecule has 2 N–H and O–H groups in total. The third-order valence-electron chi connectivity index (χ3n) is 9.01. The van der Waals surface area contributed by atoms with Crippen molar-refractivity contribution >= 4 is 29.1 Å². The van der Waals surface area contributed by atoms with Gasteiger partial charge in [0.25, 0.3) is 0 Å². The number of amides is 1. The highest BCUT2D eigenvalue weighted by molar-refractivity contribution is 6.10. The van der Waals surface area contributed by atoms with Crippen LogP contribution in [0.15, 0.2) is 53.3 Å². The first-order valence-corrected chi connectivity index (χ1v) is 14.9. The molecule has 6 nitrogen and oxygen atoms in total. The van der Waals surface area contributed by atoms with E-state index in [1.807, 2.05) is 37.1 Å². The van der Waals surface area contributed by atoms with Crippen molar-refractivity contribution < 1.29 is 9.53 Å². The summed E-state index contributed by atoms with van der Waals surface area (Å²) in [5.41, 5.74) is 13.4. The van der Waals surface area contributed by atoms with Crippen LogP contribution in [0.25, 0.3) is 11.1 Å². The van der Waals surface area contributed by atoms with Crippen LogP contribution >= 0.6 is 0 Å². The van der Waals surface area contributed by atoms with Gasteiger partial charge in [-0.3, -0.25) is 14.7 Å². The standard InChI is InChI=1S/C34H44N4O2/c1-23(2)37-21-29(20-35)26-13-15-36-32(17-26)38(33(39)25-8-6-5-7-9-25)22-34-14-12-30(28(18-34)19-34)27-10-11-31(40-4)24(3)16-27/h10-11,13,15-17,20-21,23,25H,5-9,12,14,18-19,22,35H2,1-4H3/b29-20+,37-21?. The summed E-state index contributed by atoms with van der Waals surface area (Å²) in [6.45, 7) is 6.91. The normalized spacial score (nSPS) is 19.2. The van der Waals surface area contributed by atoms with Crippen LogP contribution in [0.4, 0.5) is 5.82 Å². The lowest BCUT2D eigenvalue weighted by Gasteiger charge is -2.52. The number of benzene rings is 1. The highest BCUT2D eigenvalue weighted by Gasteiger charge is 2.47. The Morgan fingerprint density at radius 1 is 1.20 bits per heavy atom. The summed E-state index contributed by atoms with van der Waals surface area (Å²) in [6, 6.07) is 10.7. The number of anilines is 1. The van der Waals surface area contributed by atoms with E-state index < -0.39 is 0 Å². The lowest BCUT2D eigenvalue weighted by atomic mass is 9.56. The van der Waals surface area contributed by atoms with Crippen LogP contribution in [0.2, 0.25) is 0 Å². The van der Waals surface area contributed by atoms with Crippen molar-refractivity contribution in [3.63, 3.8) is 0 Å². The van der Waals surface area contributed by atoms with Gasteiger partial charge in [-0.05, 0) is 111 Å². The average molecular weight is 541 g/mol. The molecule has 0 radical (unpaired) electrons. The molecule has 1 heterocycles. The molecule has 4 aliphatic carbocycles. The molecule has 0 atom stereocenters. The number of aryl methyl sites for hydroxylation is 1. The molecule has 2 saturated carbocycles. The Morgan fingerprint density at radius 3 is 2.60 bits per heavy atom. The fourth-order valence-electron chi connectivity index (χ4n) is 6.78. The number of allylic oxidation sites excluding steroid dienone is 3. The topological polar surface area (TPSA) is 80.8 Å². The molecule has 40 heavy (non-hydrogen) atoms. The minimum atomic E-state index is 0.0825. The fourth-order valence-corrected chi connectivity index (χ4v) is 6.78. The van der Waals surface area contributed by atoms with Gasteiger partial charge in [0.2, 0.25) is 5.91 Å². The number of carbonyl (C=O) groups is 1. The molecule has 212 valence electrons. The second kappa shape index (κ2) is 12.0. The second-order valence-corrected chi connectivity index (χ2v) is 12.3. The molecule has 0 unspecified atom stereocenters. The van der Waals surface area contributed by atoms with E-state index in [4.69, 9.17) is 15.5 Å². The van der Waals surface area contributed by atoms with Gasteiger partial charge in [-0.25, -0.2) is 4.98 Å². The molecular weight excluding hydrogens is 496 g/mol. The van der Waals surface area contributed by atoms with Crippen LogP contribution in [0.5, 0.6) is 5.75 Å². The van der Waals surface area contributed by atoms with Crippen molar-refractivity contribution in [3.05, 3.63) is 65.0 Å². The van der Waals surface area contributed by atoms with Crippen molar-refractivity contribution in [2.24, 2.45) is 22.1 Å². The third-order valence-corrected chi connectivity index (χ3v) is 9.01. The zero-order chi connectivity index (χ0) is 28.3. The van der Waals surface area contributed by atoms with Crippen molar-refractivity contribution in [2.75, 3.05) is 18.6 Å². The zero-order valence-corrected chi connectivity index (χ0v) is 24.6. The van der Waals surface area contributed by atoms with Gasteiger partial charge in [0.1, 0.15) is 11.6 Å². The average Bonchev–Trinajstić information content (AvgIpc) is 2.96. The van der Waals surface area contributed by atoms with Crippen molar-refractivity contribution in [1.82, 2.24) is 4.98 Å². The number of nitrogens with zero attached hydrogens (tertiary/aromatic N) is 3. The van der Waals surface area contributed by atoms with Crippen LogP contribution in [0, 0.1) is 18.3 Å². The predicted octanol–water partition coefficient (Wildman–Crippen LogP) is 7.12. The van der Waals surface area contributed by atoms with Crippen molar-refractivity contribution in [1.29, 1.82) is 0 Å². The molecule has 1 aromatic heterocycles. The van der Waals surface area contributed by atoms with Crippen LogP contribution in [0.1, 0.15) is 88.3 Å². The van der Waals surface area contributed by atoms with Gasteiger partial charge < -0.3 is 10.5 Å². The van der Waals surface area contributed by atoms with Crippen LogP contribution in [0.3, 0.4) is 0 Å². The molecule has 2 bridgehead atoms. The summed E-state index contributed by atoms with van der Waals surface area (Å²) < 4.78 is 5.48. The van der Waals surface area contributed by atoms with E-state index in [1.165, 1.54) is 23.1 Å². The van der Waals surface area contributed by atoms with Crippen LogP contribution in [-0.2, 0) is 4.79 Å². The number of fused-ring (bicyclic) bond motifs is 2. The summed E-state index contributed by atoms with van der Waals surface area (Å²) in [4.78, 5) is 25.4. The Hall–Kier alpha value is -3.41. The van der Waals surface area contributed by atoms with Gasteiger partial charge in [0.05, 0.1) is 7.11 Å². The number of nitrogens with two attached hydrogens (primary N) is 1. The Balaban J connectivity index is 1.41. The number of methoxy groups -OCH3 is 1. The molecule has 0 spiro atoms. The molecular formula is C34H44N4O2. The SMILES string of the molecule is COc1ccc(C2=C3CC(CN(C(=O)C4CCCCC4)c4cc(/C(C=NC(C)C)=C/N)ccn4)(CC2)C3)cc1C. The molecule has 6 heteroatoms. The number of ether oxygens (including phenoxy) is 1. The third kappa shape index (κ3) is 5.86. The molecule has 2 aromatic rings. The number of aliphatic imine (C=N–C) groups is 1. The summed E-state index contributed by atoms with van der Waals surface area (Å²) in [5.74, 6) is 1.98. The monoisotopic (exact) mass is 540 g/mol. The molecule has 1 amide bonds. The summed E-state index contributed by atoms with van der Waals surface area (Å²) in [7, 11) is 1.72. The van der Waals surface area contributed by atoms with Gasteiger partial charge in [-0.2, -0.15) is 0 Å². The molecule has 4 aliphatic rings. The van der Waals surface area contributed by atoms with Gasteiger partial charge in [0.15, 0.2) is 0 Å². The molecule has 0 aliphatic heterocycles. The Kier molecular flexibility index (Phi) is 8.43. The van der Waals surface area contributed by atoms with Crippen LogP contribution < -0.4 is 15.4 Å². The largest absolute Gasteiger partial charge is 0.496 e. The molecule has 2 fully saturated rings. The summed E-state index contributed by atoms with van der Waals surface area (Å²) in [5, 5.41) is 0. The predicted molar refractivity (Wildman–Crippen MR) is 165 cm³/mol. The molecule has 6 rings (SSSR count). The van der Waals surface area contributed by atoms with E-state index in [0.29, 0.717) is 0 Å².